The number of hydrogen-bond acceptors (Lipinski definition) is 3. The van der Waals surface area contributed by atoms with Crippen LogP contribution in [0.4, 0.5) is 0 Å². The summed E-state index contributed by atoms with van der Waals surface area (Å²) < 4.78 is 22.6. The molecular weight excluding hydrogens is 321 g/mol. The van der Waals surface area contributed by atoms with Crippen molar-refractivity contribution in [1.29, 1.82) is 0 Å². The van der Waals surface area contributed by atoms with Gasteiger partial charge in [-0.15, -0.1) is 0 Å². The first-order valence-corrected chi connectivity index (χ1v) is 8.87. The van der Waals surface area contributed by atoms with E-state index in [1.54, 1.807) is 18.2 Å². The number of nitrogens with one attached hydrogen (secondary N) is 1. The van der Waals surface area contributed by atoms with Crippen LogP contribution < -0.4 is 5.32 Å². The lowest BCUT2D eigenvalue weighted by atomic mass is 10.1. The first-order chi connectivity index (χ1) is 9.35. The Kier molecular flexibility index (Phi) is 4.94. The van der Waals surface area contributed by atoms with Crippen molar-refractivity contribution in [2.75, 3.05) is 11.5 Å². The maximum Gasteiger partial charge on any atom is 0.220 e. The van der Waals surface area contributed by atoms with E-state index in [0.717, 1.165) is 5.56 Å². The van der Waals surface area contributed by atoms with Gasteiger partial charge in [-0.1, -0.05) is 29.3 Å². The van der Waals surface area contributed by atoms with Crippen molar-refractivity contribution >= 4 is 38.9 Å². The number of sulfone groups is 1. The third-order valence-electron chi connectivity index (χ3n) is 3.23. The van der Waals surface area contributed by atoms with Gasteiger partial charge in [0, 0.05) is 22.5 Å². The topological polar surface area (TPSA) is 63.2 Å². The normalized spacial score (nSPS) is 20.8. The average molecular weight is 336 g/mol. The number of rotatable bonds is 4. The third-order valence-corrected chi connectivity index (χ3v) is 5.59. The van der Waals surface area contributed by atoms with Crippen molar-refractivity contribution in [2.45, 2.75) is 25.3 Å². The van der Waals surface area contributed by atoms with Crippen LogP contribution in [-0.2, 0) is 21.1 Å². The van der Waals surface area contributed by atoms with Gasteiger partial charge in [-0.05, 0) is 30.5 Å². The number of hydrogen-bond donors (Lipinski definition) is 1. The van der Waals surface area contributed by atoms with Gasteiger partial charge in [-0.3, -0.25) is 4.79 Å². The zero-order valence-electron chi connectivity index (χ0n) is 10.7. The zero-order valence-corrected chi connectivity index (χ0v) is 13.1. The number of carbonyl (C=O) groups excluding carboxylic acids is 1. The van der Waals surface area contributed by atoms with E-state index in [1.807, 2.05) is 0 Å². The van der Waals surface area contributed by atoms with Crippen LogP contribution in [0.1, 0.15) is 18.4 Å². The van der Waals surface area contributed by atoms with Crippen molar-refractivity contribution in [2.24, 2.45) is 0 Å². The van der Waals surface area contributed by atoms with E-state index in [0.29, 0.717) is 22.9 Å². The molecule has 4 nitrogen and oxygen atoms in total. The molecular formula is C13H15Cl2NO3S. The van der Waals surface area contributed by atoms with E-state index in [9.17, 15) is 13.2 Å². The predicted octanol–water partition coefficient (Wildman–Crippen LogP) is 2.23. The lowest BCUT2D eigenvalue weighted by Gasteiger charge is -2.11. The summed E-state index contributed by atoms with van der Waals surface area (Å²) in [4.78, 5) is 11.8. The van der Waals surface area contributed by atoms with E-state index in [2.05, 4.69) is 5.32 Å². The molecule has 1 saturated heterocycles. The lowest BCUT2D eigenvalue weighted by Crippen LogP contribution is -2.35. The van der Waals surface area contributed by atoms with Gasteiger partial charge in [0.2, 0.25) is 5.91 Å². The van der Waals surface area contributed by atoms with Gasteiger partial charge in [0.15, 0.2) is 9.84 Å². The van der Waals surface area contributed by atoms with Gasteiger partial charge in [-0.2, -0.15) is 0 Å². The molecule has 1 aliphatic heterocycles. The van der Waals surface area contributed by atoms with Gasteiger partial charge in [0.05, 0.1) is 11.5 Å². The molecule has 110 valence electrons. The molecule has 1 aliphatic rings. The van der Waals surface area contributed by atoms with Crippen LogP contribution in [0.3, 0.4) is 0 Å². The molecule has 1 fully saturated rings. The molecule has 1 aromatic carbocycles. The summed E-state index contributed by atoms with van der Waals surface area (Å²) in [6, 6.07) is 4.90. The average Bonchev–Trinajstić information content (AvgIpc) is 2.67. The SMILES string of the molecule is O=C(CCc1ccc(Cl)cc1Cl)NC1CCS(=O)(=O)C1. The molecule has 0 aromatic heterocycles. The number of carbonyl (C=O) groups is 1. The molecule has 1 aromatic rings. The second kappa shape index (κ2) is 6.33. The molecule has 1 atom stereocenters. The highest BCUT2D eigenvalue weighted by Gasteiger charge is 2.28. The molecule has 0 spiro atoms. The third kappa shape index (κ3) is 4.36. The number of aryl methyl sites for hydroxylation is 1. The lowest BCUT2D eigenvalue weighted by molar-refractivity contribution is -0.121. The van der Waals surface area contributed by atoms with E-state index in [-0.39, 0.29) is 29.9 Å². The van der Waals surface area contributed by atoms with Crippen molar-refractivity contribution in [3.63, 3.8) is 0 Å². The number of amides is 1. The highest BCUT2D eigenvalue weighted by atomic mass is 35.5. The summed E-state index contributed by atoms with van der Waals surface area (Å²) in [5, 5.41) is 3.84. The van der Waals surface area contributed by atoms with Crippen LogP contribution in [-0.4, -0.2) is 31.9 Å². The Hall–Kier alpha value is -0.780. The predicted molar refractivity (Wildman–Crippen MR) is 80.0 cm³/mol. The van der Waals surface area contributed by atoms with Gasteiger partial charge in [0.1, 0.15) is 0 Å². The zero-order chi connectivity index (χ0) is 14.8. The highest BCUT2D eigenvalue weighted by molar-refractivity contribution is 7.91. The standard InChI is InChI=1S/C13H15Cl2NO3S/c14-10-3-1-9(12(15)7-10)2-4-13(17)16-11-5-6-20(18,19)8-11/h1,3,7,11H,2,4-6,8H2,(H,16,17). The molecule has 0 aliphatic carbocycles. The minimum absolute atomic E-state index is 0.0421. The molecule has 0 saturated carbocycles. The summed E-state index contributed by atoms with van der Waals surface area (Å²) in [5.41, 5.74) is 0.852. The number of benzene rings is 1. The Labute approximate surface area is 128 Å². The molecule has 20 heavy (non-hydrogen) atoms. The van der Waals surface area contributed by atoms with Crippen LogP contribution >= 0.6 is 23.2 Å². The first kappa shape index (κ1) is 15.6. The van der Waals surface area contributed by atoms with Crippen molar-refractivity contribution in [3.05, 3.63) is 33.8 Å². The smallest absolute Gasteiger partial charge is 0.220 e. The second-order valence-corrected chi connectivity index (χ2v) is 7.98. The Morgan fingerprint density at radius 3 is 2.70 bits per heavy atom. The minimum atomic E-state index is -2.97. The van der Waals surface area contributed by atoms with Crippen LogP contribution in [0.2, 0.25) is 10.0 Å². The maximum absolute atomic E-state index is 11.8. The van der Waals surface area contributed by atoms with Gasteiger partial charge >= 0.3 is 0 Å². The largest absolute Gasteiger partial charge is 0.352 e. The summed E-state index contributed by atoms with van der Waals surface area (Å²) in [6.45, 7) is 0. The van der Waals surface area contributed by atoms with Gasteiger partial charge < -0.3 is 5.32 Å². The molecule has 7 heteroatoms. The molecule has 1 unspecified atom stereocenters. The van der Waals surface area contributed by atoms with Crippen molar-refractivity contribution in [3.8, 4) is 0 Å². The molecule has 2 rings (SSSR count). The Morgan fingerprint density at radius 1 is 1.35 bits per heavy atom. The van der Waals surface area contributed by atoms with E-state index >= 15 is 0 Å². The van der Waals surface area contributed by atoms with Crippen LogP contribution in [0.15, 0.2) is 18.2 Å². The van der Waals surface area contributed by atoms with E-state index in [4.69, 9.17) is 23.2 Å². The van der Waals surface area contributed by atoms with Gasteiger partial charge in [-0.25, -0.2) is 8.42 Å². The first-order valence-electron chi connectivity index (χ1n) is 6.29. The van der Waals surface area contributed by atoms with Crippen LogP contribution in [0.5, 0.6) is 0 Å². The van der Waals surface area contributed by atoms with Crippen molar-refractivity contribution < 1.29 is 13.2 Å². The number of halogens is 2. The fourth-order valence-electron chi connectivity index (χ4n) is 2.18. The molecule has 0 bridgehead atoms. The quantitative estimate of drug-likeness (QED) is 0.917. The molecule has 1 amide bonds. The summed E-state index contributed by atoms with van der Waals surface area (Å²) >= 11 is 11.8. The van der Waals surface area contributed by atoms with Crippen LogP contribution in [0, 0.1) is 0 Å². The minimum Gasteiger partial charge on any atom is -0.352 e. The van der Waals surface area contributed by atoms with E-state index in [1.165, 1.54) is 0 Å². The van der Waals surface area contributed by atoms with E-state index < -0.39 is 9.84 Å². The second-order valence-electron chi connectivity index (χ2n) is 4.90. The monoisotopic (exact) mass is 335 g/mol. The Balaban J connectivity index is 1.84. The maximum atomic E-state index is 11.8. The summed E-state index contributed by atoms with van der Waals surface area (Å²) in [7, 11) is -2.97. The van der Waals surface area contributed by atoms with Crippen molar-refractivity contribution in [1.82, 2.24) is 5.32 Å². The summed E-state index contributed by atoms with van der Waals surface area (Å²) in [5.74, 6) is 0.0413. The molecule has 1 heterocycles. The van der Waals surface area contributed by atoms with Gasteiger partial charge in [0.25, 0.3) is 0 Å². The fraction of sp³-hybridized carbons (Fsp3) is 0.462. The Bertz CT molecular complexity index is 616. The highest BCUT2D eigenvalue weighted by Crippen LogP contribution is 2.22. The molecule has 1 N–H and O–H groups in total. The van der Waals surface area contributed by atoms with Crippen LogP contribution in [0.25, 0.3) is 0 Å². The summed E-state index contributed by atoms with van der Waals surface area (Å²) in [6.07, 6.45) is 1.27. The Morgan fingerprint density at radius 2 is 2.10 bits per heavy atom. The molecule has 0 radical (unpaired) electrons. The fourth-order valence-corrected chi connectivity index (χ4v) is 4.36.